The number of likely N-dealkylation sites (tertiary alicyclic amines) is 1. The molecule has 0 spiro atoms. The lowest BCUT2D eigenvalue weighted by molar-refractivity contribution is -0.132. The molecule has 7 heteroatoms. The van der Waals surface area contributed by atoms with Crippen LogP contribution < -0.4 is 10.0 Å². The first-order valence-corrected chi connectivity index (χ1v) is 10.2. The van der Waals surface area contributed by atoms with Gasteiger partial charge in [-0.2, -0.15) is 0 Å². The molecule has 1 aliphatic rings. The maximum atomic E-state index is 12.5. The molecular weight excluding hydrogens is 326 g/mol. The summed E-state index contributed by atoms with van der Waals surface area (Å²) in [5.74, 6) is 0.763. The van der Waals surface area contributed by atoms with Crippen LogP contribution in [0.15, 0.2) is 18.2 Å². The highest BCUT2D eigenvalue weighted by Gasteiger charge is 2.24. The van der Waals surface area contributed by atoms with Crippen LogP contribution in [0.5, 0.6) is 0 Å². The van der Waals surface area contributed by atoms with E-state index in [9.17, 15) is 13.2 Å². The summed E-state index contributed by atoms with van der Waals surface area (Å²) in [4.78, 5) is 14.4. The van der Waals surface area contributed by atoms with E-state index in [2.05, 4.69) is 17.0 Å². The highest BCUT2D eigenvalue weighted by Crippen LogP contribution is 2.22. The molecule has 0 radical (unpaired) electrons. The highest BCUT2D eigenvalue weighted by atomic mass is 32.2. The molecule has 1 unspecified atom stereocenters. The Morgan fingerprint density at radius 2 is 1.92 bits per heavy atom. The van der Waals surface area contributed by atoms with Crippen molar-refractivity contribution >= 4 is 27.3 Å². The summed E-state index contributed by atoms with van der Waals surface area (Å²) in [5, 5.41) is 3.18. The maximum absolute atomic E-state index is 12.5. The summed E-state index contributed by atoms with van der Waals surface area (Å²) in [5.41, 5.74) is 2.07. The number of carbonyl (C=O) groups is 1. The summed E-state index contributed by atoms with van der Waals surface area (Å²) in [6.07, 6.45) is 3.22. The molecule has 0 bridgehead atoms. The number of hydrogen-bond donors (Lipinski definition) is 2. The molecule has 134 valence electrons. The second kappa shape index (κ2) is 7.42. The van der Waals surface area contributed by atoms with Gasteiger partial charge in [0, 0.05) is 18.8 Å². The predicted molar refractivity (Wildman–Crippen MR) is 97.7 cm³/mol. The lowest BCUT2D eigenvalue weighted by atomic mass is 9.99. The largest absolute Gasteiger partial charge is 0.374 e. The molecule has 1 saturated heterocycles. The Balaban J connectivity index is 2.04. The number of sulfonamides is 1. The molecule has 2 N–H and O–H groups in total. The number of nitrogens with zero attached hydrogens (tertiary/aromatic N) is 1. The molecule has 1 atom stereocenters. The summed E-state index contributed by atoms with van der Waals surface area (Å²) >= 11 is 0. The van der Waals surface area contributed by atoms with Crippen molar-refractivity contribution in [3.05, 3.63) is 23.8 Å². The molecule has 0 aliphatic carbocycles. The Kier molecular flexibility index (Phi) is 5.74. The standard InChI is InChI=1S/C17H27N3O3S/c1-12-7-9-20(10-8-12)17(21)14(3)18-15-6-5-13(2)16(11-15)19-24(4,22)23/h5-6,11-12,14,18-19H,7-10H2,1-4H3. The quantitative estimate of drug-likeness (QED) is 0.852. The third kappa shape index (κ3) is 5.12. The minimum Gasteiger partial charge on any atom is -0.374 e. The van der Waals surface area contributed by atoms with Crippen molar-refractivity contribution in [1.82, 2.24) is 4.90 Å². The molecule has 24 heavy (non-hydrogen) atoms. The van der Waals surface area contributed by atoms with Crippen LogP contribution in [0.2, 0.25) is 0 Å². The predicted octanol–water partition coefficient (Wildman–Crippen LogP) is 2.43. The number of carbonyl (C=O) groups excluding carboxylic acids is 1. The lowest BCUT2D eigenvalue weighted by Crippen LogP contribution is -2.45. The minimum atomic E-state index is -3.34. The van der Waals surface area contributed by atoms with Crippen molar-refractivity contribution in [2.45, 2.75) is 39.7 Å². The summed E-state index contributed by atoms with van der Waals surface area (Å²) in [7, 11) is -3.34. The third-order valence-corrected chi connectivity index (χ3v) is 4.97. The van der Waals surface area contributed by atoms with Gasteiger partial charge in [-0.25, -0.2) is 8.42 Å². The number of aryl methyl sites for hydroxylation is 1. The van der Waals surface area contributed by atoms with Crippen LogP contribution in [0.3, 0.4) is 0 Å². The average molecular weight is 353 g/mol. The van der Waals surface area contributed by atoms with E-state index in [1.54, 1.807) is 6.07 Å². The van der Waals surface area contributed by atoms with Gasteiger partial charge in [0.05, 0.1) is 11.9 Å². The minimum absolute atomic E-state index is 0.0834. The van der Waals surface area contributed by atoms with Gasteiger partial charge in [0.25, 0.3) is 0 Å². The number of piperidine rings is 1. The first-order chi connectivity index (χ1) is 11.2. The van der Waals surface area contributed by atoms with Gasteiger partial charge >= 0.3 is 0 Å². The molecule has 0 saturated carbocycles. The molecule has 1 heterocycles. The van der Waals surface area contributed by atoms with Crippen molar-refractivity contribution in [2.75, 3.05) is 29.4 Å². The molecule has 1 aromatic rings. The highest BCUT2D eigenvalue weighted by molar-refractivity contribution is 7.92. The molecule has 1 aliphatic heterocycles. The molecule has 1 fully saturated rings. The Labute approximate surface area is 144 Å². The maximum Gasteiger partial charge on any atom is 0.244 e. The van der Waals surface area contributed by atoms with Gasteiger partial charge < -0.3 is 10.2 Å². The van der Waals surface area contributed by atoms with Crippen LogP contribution in [0, 0.1) is 12.8 Å². The summed E-state index contributed by atoms with van der Waals surface area (Å²) < 4.78 is 25.4. The molecule has 2 rings (SSSR count). The van der Waals surface area contributed by atoms with Crippen molar-refractivity contribution in [2.24, 2.45) is 5.92 Å². The number of benzene rings is 1. The van der Waals surface area contributed by atoms with E-state index >= 15 is 0 Å². The molecule has 0 aromatic heterocycles. The Hall–Kier alpha value is -1.76. The third-order valence-electron chi connectivity index (χ3n) is 4.38. The van der Waals surface area contributed by atoms with Gasteiger partial charge in [0.1, 0.15) is 6.04 Å². The van der Waals surface area contributed by atoms with Crippen LogP contribution >= 0.6 is 0 Å². The first kappa shape index (κ1) is 18.6. The fraction of sp³-hybridized carbons (Fsp3) is 0.588. The van der Waals surface area contributed by atoms with E-state index in [1.165, 1.54) is 0 Å². The summed E-state index contributed by atoms with van der Waals surface area (Å²) in [6.45, 7) is 7.50. The normalized spacial score (nSPS) is 17.4. The van der Waals surface area contributed by atoms with Gasteiger partial charge in [-0.1, -0.05) is 13.0 Å². The van der Waals surface area contributed by atoms with E-state index < -0.39 is 10.0 Å². The number of anilines is 2. The molecule has 6 nitrogen and oxygen atoms in total. The zero-order valence-electron chi connectivity index (χ0n) is 14.8. The van der Waals surface area contributed by atoms with Crippen molar-refractivity contribution in [3.63, 3.8) is 0 Å². The summed E-state index contributed by atoms with van der Waals surface area (Å²) in [6, 6.07) is 5.05. The fourth-order valence-corrected chi connectivity index (χ4v) is 3.46. The van der Waals surface area contributed by atoms with Crippen molar-refractivity contribution in [3.8, 4) is 0 Å². The Morgan fingerprint density at radius 3 is 2.50 bits per heavy atom. The second-order valence-electron chi connectivity index (χ2n) is 6.78. The molecule has 1 aromatic carbocycles. The van der Waals surface area contributed by atoms with Crippen molar-refractivity contribution < 1.29 is 13.2 Å². The number of hydrogen-bond acceptors (Lipinski definition) is 4. The Morgan fingerprint density at radius 1 is 1.29 bits per heavy atom. The van der Waals surface area contributed by atoms with Gasteiger partial charge in [-0.15, -0.1) is 0 Å². The van der Waals surface area contributed by atoms with Gasteiger partial charge in [-0.05, 0) is 50.3 Å². The van der Waals surface area contributed by atoms with E-state index in [-0.39, 0.29) is 11.9 Å². The monoisotopic (exact) mass is 353 g/mol. The second-order valence-corrected chi connectivity index (χ2v) is 8.53. The number of nitrogens with one attached hydrogen (secondary N) is 2. The Bertz CT molecular complexity index is 695. The molecular formula is C17H27N3O3S. The SMILES string of the molecule is Cc1ccc(NC(C)C(=O)N2CCC(C)CC2)cc1NS(C)(=O)=O. The first-order valence-electron chi connectivity index (χ1n) is 8.29. The van der Waals surface area contributed by atoms with E-state index in [4.69, 9.17) is 0 Å². The molecule has 1 amide bonds. The van der Waals surface area contributed by atoms with E-state index in [0.717, 1.165) is 43.4 Å². The van der Waals surface area contributed by atoms with E-state index in [0.29, 0.717) is 11.6 Å². The van der Waals surface area contributed by atoms with Crippen LogP contribution in [-0.4, -0.2) is 44.6 Å². The van der Waals surface area contributed by atoms with Crippen LogP contribution in [0.25, 0.3) is 0 Å². The zero-order valence-corrected chi connectivity index (χ0v) is 15.6. The van der Waals surface area contributed by atoms with Crippen molar-refractivity contribution in [1.29, 1.82) is 0 Å². The average Bonchev–Trinajstić information content (AvgIpc) is 2.49. The number of rotatable bonds is 5. The topological polar surface area (TPSA) is 78.5 Å². The number of amides is 1. The zero-order chi connectivity index (χ0) is 17.9. The fourth-order valence-electron chi connectivity index (χ4n) is 2.84. The van der Waals surface area contributed by atoms with Gasteiger partial charge in [0.2, 0.25) is 15.9 Å². The van der Waals surface area contributed by atoms with Crippen LogP contribution in [-0.2, 0) is 14.8 Å². The lowest BCUT2D eigenvalue weighted by Gasteiger charge is -2.32. The smallest absolute Gasteiger partial charge is 0.244 e. The van der Waals surface area contributed by atoms with Crippen LogP contribution in [0.1, 0.15) is 32.3 Å². The van der Waals surface area contributed by atoms with Gasteiger partial charge in [0.15, 0.2) is 0 Å². The van der Waals surface area contributed by atoms with Gasteiger partial charge in [-0.3, -0.25) is 9.52 Å². The van der Waals surface area contributed by atoms with Crippen LogP contribution in [0.4, 0.5) is 11.4 Å². The van der Waals surface area contributed by atoms with E-state index in [1.807, 2.05) is 30.9 Å².